The van der Waals surface area contributed by atoms with Gasteiger partial charge in [-0.15, -0.1) is 0 Å². The van der Waals surface area contributed by atoms with Gasteiger partial charge in [-0.2, -0.15) is 17.0 Å². The summed E-state index contributed by atoms with van der Waals surface area (Å²) < 4.78 is 0. The van der Waals surface area contributed by atoms with Crippen molar-refractivity contribution in [2.24, 2.45) is 0 Å². The lowest BCUT2D eigenvalue weighted by Crippen LogP contribution is -2.06. The molecular formula is C13H12ClN3S. The van der Waals surface area contributed by atoms with Crippen molar-refractivity contribution in [1.82, 2.24) is 4.98 Å². The van der Waals surface area contributed by atoms with Gasteiger partial charge in [-0.1, -0.05) is 11.6 Å². The summed E-state index contributed by atoms with van der Waals surface area (Å²) in [6, 6.07) is 7.66. The number of thioether (sulfide) groups is 1. The highest BCUT2D eigenvalue weighted by Gasteiger charge is 2.08. The third kappa shape index (κ3) is 2.69. The van der Waals surface area contributed by atoms with Gasteiger partial charge in [0.1, 0.15) is 6.07 Å². The predicted molar refractivity (Wildman–Crippen MR) is 78.3 cm³/mol. The van der Waals surface area contributed by atoms with E-state index in [1.165, 1.54) is 0 Å². The van der Waals surface area contributed by atoms with Crippen molar-refractivity contribution in [1.29, 1.82) is 5.26 Å². The molecular weight excluding hydrogens is 266 g/mol. The summed E-state index contributed by atoms with van der Waals surface area (Å²) in [4.78, 5) is 4.26. The number of nitrogens with one attached hydrogen (secondary N) is 1. The highest BCUT2D eigenvalue weighted by Crippen LogP contribution is 2.27. The summed E-state index contributed by atoms with van der Waals surface area (Å²) in [5.74, 6) is 0.981. The number of rotatable bonds is 4. The number of fused-ring (bicyclic) bond motifs is 1. The maximum Gasteiger partial charge on any atom is 0.103 e. The third-order valence-corrected chi connectivity index (χ3v) is 3.41. The zero-order chi connectivity index (χ0) is 13.0. The van der Waals surface area contributed by atoms with Crippen molar-refractivity contribution < 1.29 is 0 Å². The first kappa shape index (κ1) is 13.0. The molecule has 0 bridgehead atoms. The third-order valence-electron chi connectivity index (χ3n) is 2.56. The van der Waals surface area contributed by atoms with Crippen LogP contribution >= 0.6 is 23.4 Å². The molecule has 0 atom stereocenters. The smallest absolute Gasteiger partial charge is 0.103 e. The second-order valence-electron chi connectivity index (χ2n) is 3.74. The molecule has 0 saturated heterocycles. The van der Waals surface area contributed by atoms with Crippen LogP contribution in [-0.2, 0) is 0 Å². The first-order chi connectivity index (χ1) is 8.76. The molecule has 5 heteroatoms. The van der Waals surface area contributed by atoms with Crippen LogP contribution in [0.4, 0.5) is 5.69 Å². The number of pyridine rings is 1. The maximum absolute atomic E-state index is 9.14. The highest BCUT2D eigenvalue weighted by molar-refractivity contribution is 7.98. The largest absolute Gasteiger partial charge is 0.383 e. The highest BCUT2D eigenvalue weighted by atomic mass is 35.5. The van der Waals surface area contributed by atoms with Crippen LogP contribution < -0.4 is 5.32 Å². The number of hydrogen-bond acceptors (Lipinski definition) is 4. The quantitative estimate of drug-likeness (QED) is 0.869. The van der Waals surface area contributed by atoms with E-state index in [1.54, 1.807) is 24.0 Å². The van der Waals surface area contributed by atoms with E-state index in [1.807, 2.05) is 12.1 Å². The first-order valence-electron chi connectivity index (χ1n) is 5.47. The van der Waals surface area contributed by atoms with Crippen LogP contribution in [-0.4, -0.2) is 23.5 Å². The van der Waals surface area contributed by atoms with E-state index in [-0.39, 0.29) is 0 Å². The molecule has 0 fully saturated rings. The van der Waals surface area contributed by atoms with Gasteiger partial charge < -0.3 is 5.32 Å². The van der Waals surface area contributed by atoms with Crippen molar-refractivity contribution >= 4 is 40.0 Å². The predicted octanol–water partition coefficient (Wildman–Crippen LogP) is 3.53. The fraction of sp³-hybridized carbons (Fsp3) is 0.231. The average Bonchev–Trinajstić information content (AvgIpc) is 2.39. The Hall–Kier alpha value is -1.44. The first-order valence-corrected chi connectivity index (χ1v) is 7.24. The zero-order valence-corrected chi connectivity index (χ0v) is 11.5. The Morgan fingerprint density at radius 1 is 1.50 bits per heavy atom. The van der Waals surface area contributed by atoms with Crippen LogP contribution in [0.2, 0.25) is 5.02 Å². The molecule has 1 N–H and O–H groups in total. The van der Waals surface area contributed by atoms with Gasteiger partial charge in [0.2, 0.25) is 0 Å². The van der Waals surface area contributed by atoms with E-state index in [0.717, 1.165) is 28.9 Å². The molecule has 1 aromatic carbocycles. The van der Waals surface area contributed by atoms with Gasteiger partial charge in [-0.3, -0.25) is 4.98 Å². The number of nitriles is 1. The lowest BCUT2D eigenvalue weighted by molar-refractivity contribution is 1.22. The topological polar surface area (TPSA) is 48.7 Å². The Labute approximate surface area is 115 Å². The Kier molecular flexibility index (Phi) is 4.29. The van der Waals surface area contributed by atoms with Crippen LogP contribution in [0.3, 0.4) is 0 Å². The van der Waals surface area contributed by atoms with Gasteiger partial charge in [-0.05, 0) is 24.5 Å². The lowest BCUT2D eigenvalue weighted by Gasteiger charge is -2.10. The molecule has 2 aromatic rings. The standard InChI is InChI=1S/C13H12ClN3S/c1-18-5-4-16-13-9(7-15)8-17-12-3-2-10(14)6-11(12)13/h2-3,6,8H,4-5H2,1H3,(H,16,17). The molecule has 3 nitrogen and oxygen atoms in total. The number of anilines is 1. The van der Waals surface area contributed by atoms with Gasteiger partial charge in [-0.25, -0.2) is 0 Å². The van der Waals surface area contributed by atoms with Gasteiger partial charge in [0.25, 0.3) is 0 Å². The number of hydrogen-bond donors (Lipinski definition) is 1. The summed E-state index contributed by atoms with van der Waals surface area (Å²) in [6.07, 6.45) is 3.64. The molecule has 0 aliphatic rings. The fourth-order valence-electron chi connectivity index (χ4n) is 1.72. The minimum absolute atomic E-state index is 0.547. The van der Waals surface area contributed by atoms with Crippen molar-refractivity contribution in [3.05, 3.63) is 35.0 Å². The second-order valence-corrected chi connectivity index (χ2v) is 5.16. The summed E-state index contributed by atoms with van der Waals surface area (Å²) in [5, 5.41) is 14.0. The van der Waals surface area contributed by atoms with E-state index in [2.05, 4.69) is 22.6 Å². The summed E-state index contributed by atoms with van der Waals surface area (Å²) in [7, 11) is 0. The van der Waals surface area contributed by atoms with E-state index in [0.29, 0.717) is 10.6 Å². The minimum Gasteiger partial charge on any atom is -0.383 e. The van der Waals surface area contributed by atoms with E-state index in [9.17, 15) is 0 Å². The Morgan fingerprint density at radius 2 is 2.33 bits per heavy atom. The van der Waals surface area contributed by atoms with E-state index in [4.69, 9.17) is 16.9 Å². The summed E-state index contributed by atoms with van der Waals surface area (Å²) >= 11 is 7.76. The van der Waals surface area contributed by atoms with Crippen LogP contribution in [0.15, 0.2) is 24.4 Å². The molecule has 18 heavy (non-hydrogen) atoms. The normalized spacial score (nSPS) is 10.3. The molecule has 92 valence electrons. The molecule has 1 aromatic heterocycles. The van der Waals surface area contributed by atoms with Crippen molar-refractivity contribution in [2.45, 2.75) is 0 Å². The Bertz CT molecular complexity index is 607. The van der Waals surface area contributed by atoms with Crippen LogP contribution in [0.1, 0.15) is 5.56 Å². The molecule has 0 aliphatic carbocycles. The molecule has 0 spiro atoms. The van der Waals surface area contributed by atoms with E-state index < -0.39 is 0 Å². The Balaban J connectivity index is 2.50. The van der Waals surface area contributed by atoms with Crippen molar-refractivity contribution in [2.75, 3.05) is 23.9 Å². The van der Waals surface area contributed by atoms with E-state index >= 15 is 0 Å². The molecule has 0 aliphatic heterocycles. The summed E-state index contributed by atoms with van der Waals surface area (Å²) in [6.45, 7) is 0.807. The van der Waals surface area contributed by atoms with Gasteiger partial charge in [0, 0.05) is 28.9 Å². The molecule has 0 unspecified atom stereocenters. The second kappa shape index (κ2) is 5.94. The maximum atomic E-state index is 9.14. The monoisotopic (exact) mass is 277 g/mol. The SMILES string of the molecule is CSCCNc1c(C#N)cnc2ccc(Cl)cc12. The molecule has 1 heterocycles. The van der Waals surface area contributed by atoms with Crippen molar-refractivity contribution in [3.63, 3.8) is 0 Å². The zero-order valence-electron chi connectivity index (χ0n) is 9.90. The number of aromatic nitrogens is 1. The average molecular weight is 278 g/mol. The van der Waals surface area contributed by atoms with Gasteiger partial charge in [0.05, 0.1) is 16.8 Å². The van der Waals surface area contributed by atoms with Crippen LogP contribution in [0, 0.1) is 11.3 Å². The Morgan fingerprint density at radius 3 is 3.06 bits per heavy atom. The van der Waals surface area contributed by atoms with Crippen molar-refractivity contribution in [3.8, 4) is 6.07 Å². The fourth-order valence-corrected chi connectivity index (χ4v) is 2.20. The van der Waals surface area contributed by atoms with Gasteiger partial charge in [0.15, 0.2) is 0 Å². The van der Waals surface area contributed by atoms with Crippen LogP contribution in [0.5, 0.6) is 0 Å². The molecule has 0 radical (unpaired) electrons. The lowest BCUT2D eigenvalue weighted by atomic mass is 10.1. The number of halogens is 1. The minimum atomic E-state index is 0.547. The van der Waals surface area contributed by atoms with Crippen LogP contribution in [0.25, 0.3) is 10.9 Å². The molecule has 0 saturated carbocycles. The summed E-state index contributed by atoms with van der Waals surface area (Å²) in [5.41, 5.74) is 2.20. The number of nitrogens with zero attached hydrogens (tertiary/aromatic N) is 2. The van der Waals surface area contributed by atoms with Gasteiger partial charge >= 0.3 is 0 Å². The molecule has 2 rings (SSSR count). The molecule has 0 amide bonds. The number of benzene rings is 1.